The van der Waals surface area contributed by atoms with Crippen LogP contribution in [0.25, 0.3) is 33.1 Å². The molecule has 3 heterocycles. The molecule has 0 fully saturated rings. The third-order valence-corrected chi connectivity index (χ3v) is 5.93. The van der Waals surface area contributed by atoms with Crippen LogP contribution < -0.4 is 15.5 Å². The van der Waals surface area contributed by atoms with Crippen molar-refractivity contribution in [2.75, 3.05) is 19.0 Å². The van der Waals surface area contributed by atoms with E-state index in [1.807, 2.05) is 32.9 Å². The molecule has 0 aliphatic heterocycles. The SMILES string of the molecule is COc1cc2c(cc1-c1c(C)noc1C)[nH]c1nc(C)nc(NCCCCCCC(=O)NO)c12. The summed E-state index contributed by atoms with van der Waals surface area (Å²) in [6, 6.07) is 4.05. The third-order valence-electron chi connectivity index (χ3n) is 5.93. The molecular formula is C24H30N6O4. The summed E-state index contributed by atoms with van der Waals surface area (Å²) in [5.74, 6) is 2.57. The van der Waals surface area contributed by atoms with E-state index in [0.717, 1.165) is 88.3 Å². The van der Waals surface area contributed by atoms with Crippen molar-refractivity contribution in [2.45, 2.75) is 52.9 Å². The molecule has 4 rings (SSSR count). The van der Waals surface area contributed by atoms with Gasteiger partial charge in [0.1, 0.15) is 28.8 Å². The lowest BCUT2D eigenvalue weighted by atomic mass is 10.0. The van der Waals surface area contributed by atoms with E-state index in [1.165, 1.54) is 0 Å². The molecule has 0 saturated carbocycles. The summed E-state index contributed by atoms with van der Waals surface area (Å²) < 4.78 is 11.1. The third kappa shape index (κ3) is 4.67. The summed E-state index contributed by atoms with van der Waals surface area (Å²) in [7, 11) is 1.65. The Morgan fingerprint density at radius 1 is 1.15 bits per heavy atom. The fourth-order valence-corrected chi connectivity index (χ4v) is 4.32. The van der Waals surface area contributed by atoms with E-state index in [9.17, 15) is 4.79 Å². The van der Waals surface area contributed by atoms with Crippen LogP contribution in [0.4, 0.5) is 5.82 Å². The molecule has 1 aromatic carbocycles. The van der Waals surface area contributed by atoms with Gasteiger partial charge in [-0.2, -0.15) is 0 Å². The van der Waals surface area contributed by atoms with Crippen molar-refractivity contribution in [2.24, 2.45) is 0 Å². The standard InChI is InChI=1S/C24H30N6O4/c1-13-21(14(2)34-30-13)17-11-18-16(12-19(17)33-4)22-23(26-15(3)27-24(22)28-18)25-10-8-6-5-7-9-20(31)29-32/h11-12,32H,5-10H2,1-4H3,(H,29,31)(H2,25,26,27,28). The summed E-state index contributed by atoms with van der Waals surface area (Å²) >= 11 is 0. The van der Waals surface area contributed by atoms with Gasteiger partial charge in [-0.05, 0) is 45.7 Å². The fraction of sp³-hybridized carbons (Fsp3) is 0.417. The number of benzene rings is 1. The number of rotatable bonds is 10. The molecule has 0 unspecified atom stereocenters. The number of H-pyrrole nitrogens is 1. The Hall–Kier alpha value is -3.66. The Balaban J connectivity index is 1.60. The molecule has 1 amide bonds. The number of aryl methyl sites for hydroxylation is 3. The van der Waals surface area contributed by atoms with Crippen LogP contribution >= 0.6 is 0 Å². The molecule has 180 valence electrons. The zero-order valence-electron chi connectivity index (χ0n) is 19.9. The Labute approximate surface area is 197 Å². The number of anilines is 1. The van der Waals surface area contributed by atoms with Gasteiger partial charge in [0.15, 0.2) is 0 Å². The van der Waals surface area contributed by atoms with E-state index < -0.39 is 0 Å². The van der Waals surface area contributed by atoms with Gasteiger partial charge in [-0.15, -0.1) is 0 Å². The topological polar surface area (TPSA) is 138 Å². The molecule has 34 heavy (non-hydrogen) atoms. The van der Waals surface area contributed by atoms with E-state index in [0.29, 0.717) is 12.2 Å². The maximum absolute atomic E-state index is 11.1. The van der Waals surface area contributed by atoms with Crippen LogP contribution in [0.15, 0.2) is 16.7 Å². The van der Waals surface area contributed by atoms with E-state index in [2.05, 4.69) is 25.4 Å². The van der Waals surface area contributed by atoms with Gasteiger partial charge in [-0.3, -0.25) is 10.0 Å². The summed E-state index contributed by atoms with van der Waals surface area (Å²) in [6.45, 7) is 6.43. The number of ether oxygens (including phenoxy) is 1. The number of aromatic nitrogens is 4. The average molecular weight is 467 g/mol. The molecule has 3 aromatic heterocycles. The molecule has 10 nitrogen and oxygen atoms in total. The first-order valence-corrected chi connectivity index (χ1v) is 11.4. The van der Waals surface area contributed by atoms with Crippen LogP contribution in [-0.4, -0.2) is 44.9 Å². The molecular weight excluding hydrogens is 436 g/mol. The second kappa shape index (κ2) is 10.1. The van der Waals surface area contributed by atoms with Crippen molar-refractivity contribution in [3.63, 3.8) is 0 Å². The summed E-state index contributed by atoms with van der Waals surface area (Å²) in [5.41, 5.74) is 5.99. The highest BCUT2D eigenvalue weighted by molar-refractivity contribution is 6.12. The molecule has 0 bridgehead atoms. The van der Waals surface area contributed by atoms with Gasteiger partial charge in [-0.25, -0.2) is 15.4 Å². The lowest BCUT2D eigenvalue weighted by Crippen LogP contribution is -2.17. The van der Waals surface area contributed by atoms with Gasteiger partial charge < -0.3 is 19.6 Å². The smallest absolute Gasteiger partial charge is 0.243 e. The average Bonchev–Trinajstić information content (AvgIpc) is 3.34. The highest BCUT2D eigenvalue weighted by Crippen LogP contribution is 2.40. The molecule has 0 aliphatic rings. The summed E-state index contributed by atoms with van der Waals surface area (Å²) in [5, 5.41) is 18.0. The number of carbonyl (C=O) groups is 1. The Morgan fingerprint density at radius 2 is 1.94 bits per heavy atom. The zero-order valence-corrected chi connectivity index (χ0v) is 19.9. The molecule has 4 N–H and O–H groups in total. The van der Waals surface area contributed by atoms with Crippen LogP contribution in [0.2, 0.25) is 0 Å². The second-order valence-electron chi connectivity index (χ2n) is 8.39. The number of aromatic amines is 1. The number of hydrogen-bond donors (Lipinski definition) is 4. The molecule has 10 heteroatoms. The normalized spacial score (nSPS) is 11.3. The molecule has 0 atom stereocenters. The minimum absolute atomic E-state index is 0.336. The van der Waals surface area contributed by atoms with Gasteiger partial charge in [0, 0.05) is 29.4 Å². The predicted octanol–water partition coefficient (Wildman–Crippen LogP) is 4.57. The van der Waals surface area contributed by atoms with Crippen LogP contribution in [0.3, 0.4) is 0 Å². The highest BCUT2D eigenvalue weighted by Gasteiger charge is 2.20. The monoisotopic (exact) mass is 466 g/mol. The van der Waals surface area contributed by atoms with Crippen LogP contribution in [0.1, 0.15) is 49.4 Å². The summed E-state index contributed by atoms with van der Waals surface area (Å²) in [6.07, 6.45) is 3.92. The minimum Gasteiger partial charge on any atom is -0.496 e. The molecule has 0 saturated heterocycles. The number of hydrogen-bond acceptors (Lipinski definition) is 8. The van der Waals surface area contributed by atoms with Crippen molar-refractivity contribution in [1.29, 1.82) is 0 Å². The predicted molar refractivity (Wildman–Crippen MR) is 129 cm³/mol. The quantitative estimate of drug-likeness (QED) is 0.151. The lowest BCUT2D eigenvalue weighted by molar-refractivity contribution is -0.129. The fourth-order valence-electron chi connectivity index (χ4n) is 4.32. The zero-order chi connectivity index (χ0) is 24.2. The van der Waals surface area contributed by atoms with Crippen LogP contribution in [0.5, 0.6) is 5.75 Å². The second-order valence-corrected chi connectivity index (χ2v) is 8.39. The van der Waals surface area contributed by atoms with E-state index >= 15 is 0 Å². The number of nitrogens with one attached hydrogen (secondary N) is 3. The number of fused-ring (bicyclic) bond motifs is 3. The number of methoxy groups -OCH3 is 1. The first-order chi connectivity index (χ1) is 16.4. The maximum Gasteiger partial charge on any atom is 0.243 e. The number of carbonyl (C=O) groups excluding carboxylic acids is 1. The Morgan fingerprint density at radius 3 is 2.65 bits per heavy atom. The minimum atomic E-state index is -0.343. The Kier molecular flexibility index (Phi) is 6.97. The largest absolute Gasteiger partial charge is 0.496 e. The van der Waals surface area contributed by atoms with Gasteiger partial charge in [0.2, 0.25) is 5.91 Å². The van der Waals surface area contributed by atoms with E-state index in [-0.39, 0.29) is 5.91 Å². The van der Waals surface area contributed by atoms with E-state index in [1.54, 1.807) is 12.6 Å². The van der Waals surface area contributed by atoms with Crippen LogP contribution in [0, 0.1) is 20.8 Å². The number of hydroxylamine groups is 1. The van der Waals surface area contributed by atoms with Gasteiger partial charge >= 0.3 is 0 Å². The maximum atomic E-state index is 11.1. The summed E-state index contributed by atoms with van der Waals surface area (Å²) in [4.78, 5) is 23.8. The first kappa shape index (κ1) is 23.5. The van der Waals surface area contributed by atoms with Crippen molar-refractivity contribution < 1.29 is 19.3 Å². The molecule has 4 aromatic rings. The number of nitrogens with zero attached hydrogens (tertiary/aromatic N) is 3. The molecule has 0 radical (unpaired) electrons. The highest BCUT2D eigenvalue weighted by atomic mass is 16.5. The van der Waals surface area contributed by atoms with Gasteiger partial charge in [-0.1, -0.05) is 18.0 Å². The number of amides is 1. The lowest BCUT2D eigenvalue weighted by Gasteiger charge is -2.10. The van der Waals surface area contributed by atoms with Crippen molar-refractivity contribution in [1.82, 2.24) is 25.6 Å². The van der Waals surface area contributed by atoms with Crippen molar-refractivity contribution in [3.05, 3.63) is 29.4 Å². The van der Waals surface area contributed by atoms with Crippen molar-refractivity contribution in [3.8, 4) is 16.9 Å². The molecule has 0 aliphatic carbocycles. The Bertz CT molecular complexity index is 1310. The van der Waals surface area contributed by atoms with Gasteiger partial charge in [0.05, 0.1) is 23.8 Å². The van der Waals surface area contributed by atoms with E-state index in [4.69, 9.17) is 14.5 Å². The van der Waals surface area contributed by atoms with Crippen LogP contribution in [-0.2, 0) is 4.79 Å². The molecule has 0 spiro atoms. The van der Waals surface area contributed by atoms with Crippen molar-refractivity contribution >= 4 is 33.7 Å². The first-order valence-electron chi connectivity index (χ1n) is 11.4. The van der Waals surface area contributed by atoms with Gasteiger partial charge in [0.25, 0.3) is 0 Å². The number of unbranched alkanes of at least 4 members (excludes halogenated alkanes) is 3.